The first-order chi connectivity index (χ1) is 12.9. The van der Waals surface area contributed by atoms with Crippen LogP contribution in [0.3, 0.4) is 0 Å². The number of rotatable bonds is 2. The molecule has 1 aromatic heterocycles. The number of piperidine rings is 1. The van der Waals surface area contributed by atoms with E-state index in [2.05, 4.69) is 40.7 Å². The van der Waals surface area contributed by atoms with Gasteiger partial charge in [-0.15, -0.1) is 0 Å². The van der Waals surface area contributed by atoms with Gasteiger partial charge >= 0.3 is 0 Å². The van der Waals surface area contributed by atoms with Crippen molar-refractivity contribution in [2.45, 2.75) is 38.6 Å². The number of sulfonamides is 1. The Hall–Kier alpha value is -1.66. The molecule has 0 amide bonds. The summed E-state index contributed by atoms with van der Waals surface area (Å²) in [5, 5.41) is 0. The van der Waals surface area contributed by atoms with Crippen molar-refractivity contribution in [2.75, 3.05) is 19.3 Å². The van der Waals surface area contributed by atoms with Crippen molar-refractivity contribution in [2.24, 2.45) is 17.3 Å². The van der Waals surface area contributed by atoms with Crippen LogP contribution >= 0.6 is 0 Å². The number of nitrogens with zero attached hydrogens (tertiary/aromatic N) is 3. The maximum Gasteiger partial charge on any atom is 0.211 e. The number of hydrogen-bond acceptors (Lipinski definition) is 3. The van der Waals surface area contributed by atoms with E-state index in [1.807, 2.05) is 12.5 Å². The SMILES string of the molecule is C[C@@H]1[C@@H]([C@H]2c3ccccc3-c3cncn32)CCC12CCN(S(C)(=O)=O)CC2. The second kappa shape index (κ2) is 5.92. The summed E-state index contributed by atoms with van der Waals surface area (Å²) in [4.78, 5) is 4.42. The van der Waals surface area contributed by atoms with Gasteiger partial charge in [0.15, 0.2) is 0 Å². The van der Waals surface area contributed by atoms with Crippen molar-refractivity contribution in [1.29, 1.82) is 0 Å². The third-order valence-corrected chi connectivity index (χ3v) is 9.00. The van der Waals surface area contributed by atoms with Gasteiger partial charge in [0, 0.05) is 18.7 Å². The van der Waals surface area contributed by atoms with Gasteiger partial charge in [0.05, 0.1) is 30.5 Å². The van der Waals surface area contributed by atoms with Crippen LogP contribution in [0.15, 0.2) is 36.8 Å². The van der Waals surface area contributed by atoms with Crippen LogP contribution in [0, 0.1) is 17.3 Å². The molecule has 3 aliphatic rings. The first-order valence-electron chi connectivity index (χ1n) is 9.97. The van der Waals surface area contributed by atoms with E-state index in [9.17, 15) is 8.42 Å². The lowest BCUT2D eigenvalue weighted by molar-refractivity contribution is 0.0920. The number of imidazole rings is 1. The van der Waals surface area contributed by atoms with Crippen LogP contribution in [0.5, 0.6) is 0 Å². The third kappa shape index (κ3) is 2.53. The highest BCUT2D eigenvalue weighted by molar-refractivity contribution is 7.88. The highest BCUT2D eigenvalue weighted by Crippen LogP contribution is 2.59. The molecule has 5 nitrogen and oxygen atoms in total. The normalized spacial score (nSPS) is 29.8. The molecule has 0 bridgehead atoms. The van der Waals surface area contributed by atoms with Crippen molar-refractivity contribution in [3.05, 3.63) is 42.4 Å². The highest BCUT2D eigenvalue weighted by Gasteiger charge is 2.51. The Morgan fingerprint density at radius 3 is 2.63 bits per heavy atom. The second-order valence-corrected chi connectivity index (χ2v) is 10.7. The van der Waals surface area contributed by atoms with E-state index in [1.54, 1.807) is 4.31 Å². The molecular formula is C21H27N3O2S. The lowest BCUT2D eigenvalue weighted by atomic mass is 9.69. The van der Waals surface area contributed by atoms with Crippen LogP contribution in [-0.4, -0.2) is 41.6 Å². The maximum atomic E-state index is 11.9. The zero-order valence-electron chi connectivity index (χ0n) is 16.0. The summed E-state index contributed by atoms with van der Waals surface area (Å²) in [5.74, 6) is 1.15. The molecule has 1 saturated heterocycles. The smallest absolute Gasteiger partial charge is 0.211 e. The fourth-order valence-corrected chi connectivity index (χ4v) is 6.94. The van der Waals surface area contributed by atoms with E-state index in [-0.39, 0.29) is 5.41 Å². The lowest BCUT2D eigenvalue weighted by Gasteiger charge is -2.43. The Bertz CT molecular complexity index is 973. The molecule has 1 saturated carbocycles. The third-order valence-electron chi connectivity index (χ3n) is 7.70. The van der Waals surface area contributed by atoms with Gasteiger partial charge in [0.1, 0.15) is 0 Å². The van der Waals surface area contributed by atoms with Gasteiger partial charge in [0.25, 0.3) is 0 Å². The predicted molar refractivity (Wildman–Crippen MR) is 106 cm³/mol. The molecule has 1 spiro atoms. The minimum Gasteiger partial charge on any atom is -0.323 e. The summed E-state index contributed by atoms with van der Waals surface area (Å²) >= 11 is 0. The van der Waals surface area contributed by atoms with Gasteiger partial charge in [-0.3, -0.25) is 0 Å². The fourth-order valence-electron chi connectivity index (χ4n) is 6.10. The van der Waals surface area contributed by atoms with Crippen LogP contribution < -0.4 is 0 Å². The molecule has 1 aliphatic carbocycles. The molecule has 6 heteroatoms. The summed E-state index contributed by atoms with van der Waals surface area (Å²) in [6, 6.07) is 9.10. The second-order valence-electron chi connectivity index (χ2n) is 8.73. The number of benzene rings is 1. The summed E-state index contributed by atoms with van der Waals surface area (Å²) in [6.07, 6.45) is 9.70. The van der Waals surface area contributed by atoms with Crippen molar-refractivity contribution >= 4 is 10.0 Å². The molecule has 5 rings (SSSR count). The number of aromatic nitrogens is 2. The highest BCUT2D eigenvalue weighted by atomic mass is 32.2. The number of fused-ring (bicyclic) bond motifs is 3. The average Bonchev–Trinajstić information content (AvgIpc) is 3.30. The van der Waals surface area contributed by atoms with Crippen LogP contribution in [0.1, 0.15) is 44.2 Å². The molecule has 3 atom stereocenters. The molecule has 0 unspecified atom stereocenters. The Morgan fingerprint density at radius 2 is 1.89 bits per heavy atom. The topological polar surface area (TPSA) is 55.2 Å². The first kappa shape index (κ1) is 17.4. The molecule has 2 aromatic rings. The fraction of sp³-hybridized carbons (Fsp3) is 0.571. The largest absolute Gasteiger partial charge is 0.323 e. The molecule has 1 aromatic carbocycles. The lowest BCUT2D eigenvalue weighted by Crippen LogP contribution is -2.44. The Balaban J connectivity index is 1.44. The quantitative estimate of drug-likeness (QED) is 0.794. The molecule has 2 aliphatic heterocycles. The Labute approximate surface area is 161 Å². The summed E-state index contributed by atoms with van der Waals surface area (Å²) in [6.45, 7) is 3.76. The molecule has 2 fully saturated rings. The standard InChI is InChI=1S/C21H27N3O2S/c1-15-16(7-8-21(15)9-11-23(12-10-21)27(2,25)26)20-18-6-4-3-5-17(18)19-13-22-14-24(19)20/h3-6,13-16,20H,7-12H2,1-2H3/t15-,16+,20+/m1/s1. The molecule has 0 radical (unpaired) electrons. The van der Waals surface area contributed by atoms with Crippen molar-refractivity contribution in [3.8, 4) is 11.3 Å². The minimum absolute atomic E-state index is 0.282. The van der Waals surface area contributed by atoms with Gasteiger partial charge in [-0.1, -0.05) is 31.2 Å². The van der Waals surface area contributed by atoms with Crippen LogP contribution in [0.2, 0.25) is 0 Å². The number of hydrogen-bond donors (Lipinski definition) is 0. The molecule has 144 valence electrons. The van der Waals surface area contributed by atoms with Crippen molar-refractivity contribution in [3.63, 3.8) is 0 Å². The molecular weight excluding hydrogens is 358 g/mol. The van der Waals surface area contributed by atoms with E-state index >= 15 is 0 Å². The zero-order valence-corrected chi connectivity index (χ0v) is 16.8. The Morgan fingerprint density at radius 1 is 1.15 bits per heavy atom. The van der Waals surface area contributed by atoms with Crippen molar-refractivity contribution < 1.29 is 8.42 Å². The van der Waals surface area contributed by atoms with E-state index in [4.69, 9.17) is 0 Å². The molecule has 27 heavy (non-hydrogen) atoms. The Kier molecular flexibility index (Phi) is 3.82. The van der Waals surface area contributed by atoms with E-state index < -0.39 is 10.0 Å². The summed E-state index contributed by atoms with van der Waals surface area (Å²) in [7, 11) is -3.07. The van der Waals surface area contributed by atoms with Gasteiger partial charge in [-0.25, -0.2) is 17.7 Å². The minimum atomic E-state index is -3.07. The van der Waals surface area contributed by atoms with Crippen LogP contribution in [0.25, 0.3) is 11.3 Å². The zero-order chi connectivity index (χ0) is 18.8. The van der Waals surface area contributed by atoms with Crippen molar-refractivity contribution in [1.82, 2.24) is 13.9 Å². The van der Waals surface area contributed by atoms with Gasteiger partial charge in [0.2, 0.25) is 10.0 Å². The van der Waals surface area contributed by atoms with E-state index in [1.165, 1.54) is 35.9 Å². The van der Waals surface area contributed by atoms with Crippen LogP contribution in [0.4, 0.5) is 0 Å². The molecule has 3 heterocycles. The average molecular weight is 386 g/mol. The summed E-state index contributed by atoms with van der Waals surface area (Å²) in [5.41, 5.74) is 4.26. The van der Waals surface area contributed by atoms with E-state index in [0.717, 1.165) is 12.8 Å². The maximum absolute atomic E-state index is 11.9. The predicted octanol–water partition coefficient (Wildman–Crippen LogP) is 3.54. The van der Waals surface area contributed by atoms with Gasteiger partial charge in [-0.05, 0) is 48.5 Å². The van der Waals surface area contributed by atoms with Gasteiger partial charge in [-0.2, -0.15) is 0 Å². The van der Waals surface area contributed by atoms with Gasteiger partial charge < -0.3 is 4.57 Å². The monoisotopic (exact) mass is 385 g/mol. The summed E-state index contributed by atoms with van der Waals surface area (Å²) < 4.78 is 27.8. The molecule has 0 N–H and O–H groups in total. The first-order valence-corrected chi connectivity index (χ1v) is 11.8. The van der Waals surface area contributed by atoms with E-state index in [0.29, 0.717) is 31.0 Å². The van der Waals surface area contributed by atoms with Crippen LogP contribution in [-0.2, 0) is 10.0 Å².